The van der Waals surface area contributed by atoms with Gasteiger partial charge in [-0.25, -0.2) is 9.59 Å². The van der Waals surface area contributed by atoms with Crippen LogP contribution in [0.5, 0.6) is 0 Å². The molecule has 1 N–H and O–H groups in total. The predicted octanol–water partition coefficient (Wildman–Crippen LogP) is 3.19. The van der Waals surface area contributed by atoms with E-state index in [2.05, 4.69) is 5.32 Å². The Hall–Kier alpha value is -1.56. The third-order valence-electron chi connectivity index (χ3n) is 1.91. The monoisotopic (exact) mass is 271 g/mol. The second kappa shape index (κ2) is 6.39. The predicted molar refractivity (Wildman–Crippen MR) is 70.3 cm³/mol. The maximum absolute atomic E-state index is 11.7. The van der Waals surface area contributed by atoms with E-state index in [-0.39, 0.29) is 6.10 Å². The molecule has 1 amide bonds. The summed E-state index contributed by atoms with van der Waals surface area (Å²) in [5, 5.41) is 3.01. The summed E-state index contributed by atoms with van der Waals surface area (Å²) in [4.78, 5) is 24.1. The zero-order chi connectivity index (χ0) is 13.7. The summed E-state index contributed by atoms with van der Waals surface area (Å²) in [7, 11) is 0. The van der Waals surface area contributed by atoms with Crippen molar-refractivity contribution in [3.63, 3.8) is 0 Å². The molecule has 1 aromatic rings. The molecule has 0 saturated heterocycles. The van der Waals surface area contributed by atoms with Crippen molar-refractivity contribution in [1.29, 1.82) is 0 Å². The zero-order valence-electron chi connectivity index (χ0n) is 10.9. The summed E-state index contributed by atoms with van der Waals surface area (Å²) in [6, 6.07) is 1.69. The first-order valence-electron chi connectivity index (χ1n) is 5.69. The fraction of sp³-hybridized carbons (Fsp3) is 0.500. The van der Waals surface area contributed by atoms with Crippen LogP contribution in [-0.4, -0.2) is 24.8 Å². The molecule has 1 heterocycles. The number of aryl methyl sites for hydroxylation is 1. The first-order chi connectivity index (χ1) is 8.43. The zero-order valence-corrected chi connectivity index (χ0v) is 11.7. The van der Waals surface area contributed by atoms with Gasteiger partial charge < -0.3 is 9.47 Å². The molecule has 0 aliphatic carbocycles. The van der Waals surface area contributed by atoms with Crippen molar-refractivity contribution in [3.05, 3.63) is 16.5 Å². The van der Waals surface area contributed by atoms with Gasteiger partial charge in [0.15, 0.2) is 0 Å². The van der Waals surface area contributed by atoms with Crippen molar-refractivity contribution in [2.24, 2.45) is 0 Å². The number of esters is 1. The lowest BCUT2D eigenvalue weighted by molar-refractivity contribution is 0.0528. The second-order valence-corrected chi connectivity index (χ2v) is 5.16. The Bertz CT molecular complexity index is 439. The standard InChI is InChI=1S/C12H17NO4S/c1-5-16-11(14)9-6-8(4)18-10(9)13-12(15)17-7(2)3/h6-7H,5H2,1-4H3,(H,13,15). The highest BCUT2D eigenvalue weighted by Gasteiger charge is 2.18. The Kier molecular flexibility index (Phi) is 5.15. The molecule has 0 spiro atoms. The summed E-state index contributed by atoms with van der Waals surface area (Å²) < 4.78 is 9.88. The average molecular weight is 271 g/mol. The molecule has 0 radical (unpaired) electrons. The first kappa shape index (κ1) is 14.5. The quantitative estimate of drug-likeness (QED) is 0.854. The third kappa shape index (κ3) is 4.03. The van der Waals surface area contributed by atoms with Crippen LogP contribution in [0, 0.1) is 6.92 Å². The van der Waals surface area contributed by atoms with E-state index in [1.807, 2.05) is 6.92 Å². The molecule has 1 rings (SSSR count). The van der Waals surface area contributed by atoms with E-state index in [1.54, 1.807) is 26.8 Å². The number of rotatable bonds is 4. The fourth-order valence-electron chi connectivity index (χ4n) is 1.30. The van der Waals surface area contributed by atoms with Crippen molar-refractivity contribution < 1.29 is 19.1 Å². The van der Waals surface area contributed by atoms with Gasteiger partial charge in [-0.2, -0.15) is 0 Å². The molecule has 1 aromatic heterocycles. The molecular formula is C12H17NO4S. The van der Waals surface area contributed by atoms with Gasteiger partial charge in [-0.3, -0.25) is 5.32 Å². The van der Waals surface area contributed by atoms with E-state index < -0.39 is 12.1 Å². The molecule has 5 nitrogen and oxygen atoms in total. The summed E-state index contributed by atoms with van der Waals surface area (Å²) in [6.45, 7) is 7.39. The third-order valence-corrected chi connectivity index (χ3v) is 2.87. The molecule has 0 fully saturated rings. The van der Waals surface area contributed by atoms with Crippen LogP contribution in [0.3, 0.4) is 0 Å². The molecule has 0 aliphatic rings. The number of ether oxygens (including phenoxy) is 2. The topological polar surface area (TPSA) is 64.6 Å². The minimum absolute atomic E-state index is 0.211. The number of carbonyl (C=O) groups is 2. The highest BCUT2D eigenvalue weighted by atomic mass is 32.1. The van der Waals surface area contributed by atoms with Gasteiger partial charge in [0.2, 0.25) is 0 Å². The average Bonchev–Trinajstić information content (AvgIpc) is 2.58. The van der Waals surface area contributed by atoms with Gasteiger partial charge in [-0.15, -0.1) is 11.3 Å². The van der Waals surface area contributed by atoms with Gasteiger partial charge in [0.25, 0.3) is 0 Å². The molecule has 18 heavy (non-hydrogen) atoms. The fourth-order valence-corrected chi connectivity index (χ4v) is 2.19. The molecule has 0 unspecified atom stereocenters. The smallest absolute Gasteiger partial charge is 0.412 e. The van der Waals surface area contributed by atoms with Crippen molar-refractivity contribution in [3.8, 4) is 0 Å². The van der Waals surface area contributed by atoms with Gasteiger partial charge in [0.1, 0.15) is 5.00 Å². The number of carbonyl (C=O) groups excluding carboxylic acids is 2. The molecule has 0 atom stereocenters. The molecule has 0 aliphatic heterocycles. The normalized spacial score (nSPS) is 10.3. The van der Waals surface area contributed by atoms with Crippen LogP contribution < -0.4 is 5.32 Å². The number of anilines is 1. The van der Waals surface area contributed by atoms with Crippen molar-refractivity contribution in [2.75, 3.05) is 11.9 Å². The van der Waals surface area contributed by atoms with E-state index >= 15 is 0 Å². The van der Waals surface area contributed by atoms with Crippen LogP contribution in [0.2, 0.25) is 0 Å². The van der Waals surface area contributed by atoms with Crippen LogP contribution in [0.15, 0.2) is 6.07 Å². The van der Waals surface area contributed by atoms with Gasteiger partial charge in [-0.05, 0) is 33.8 Å². The van der Waals surface area contributed by atoms with E-state index in [0.29, 0.717) is 17.2 Å². The minimum atomic E-state index is -0.572. The number of nitrogens with one attached hydrogen (secondary N) is 1. The van der Waals surface area contributed by atoms with E-state index in [9.17, 15) is 9.59 Å². The van der Waals surface area contributed by atoms with Crippen molar-refractivity contribution >= 4 is 28.4 Å². The summed E-state index contributed by atoms with van der Waals surface area (Å²) in [5.41, 5.74) is 0.361. The van der Waals surface area contributed by atoms with Crippen LogP contribution >= 0.6 is 11.3 Å². The lowest BCUT2D eigenvalue weighted by Crippen LogP contribution is -2.18. The van der Waals surface area contributed by atoms with E-state index in [4.69, 9.17) is 9.47 Å². The van der Waals surface area contributed by atoms with Crippen LogP contribution in [0.25, 0.3) is 0 Å². The van der Waals surface area contributed by atoms with Crippen LogP contribution in [0.1, 0.15) is 36.0 Å². The number of thiophene rings is 1. The largest absolute Gasteiger partial charge is 0.462 e. The Morgan fingerprint density at radius 2 is 2.11 bits per heavy atom. The molecule has 0 saturated carbocycles. The van der Waals surface area contributed by atoms with E-state index in [0.717, 1.165) is 4.88 Å². The highest BCUT2D eigenvalue weighted by Crippen LogP contribution is 2.28. The molecule has 0 aromatic carbocycles. The number of amides is 1. The first-order valence-corrected chi connectivity index (χ1v) is 6.50. The second-order valence-electron chi connectivity index (χ2n) is 3.90. The number of hydrogen-bond acceptors (Lipinski definition) is 5. The molecular weight excluding hydrogens is 254 g/mol. The lowest BCUT2D eigenvalue weighted by Gasteiger charge is -2.09. The maximum Gasteiger partial charge on any atom is 0.412 e. The van der Waals surface area contributed by atoms with Crippen molar-refractivity contribution in [1.82, 2.24) is 0 Å². The highest BCUT2D eigenvalue weighted by molar-refractivity contribution is 7.16. The van der Waals surface area contributed by atoms with Gasteiger partial charge in [0.05, 0.1) is 18.3 Å². The number of hydrogen-bond donors (Lipinski definition) is 1. The maximum atomic E-state index is 11.7. The SMILES string of the molecule is CCOC(=O)c1cc(C)sc1NC(=O)OC(C)C. The van der Waals surface area contributed by atoms with Gasteiger partial charge in [0, 0.05) is 4.88 Å². The van der Waals surface area contributed by atoms with Gasteiger partial charge in [-0.1, -0.05) is 0 Å². The Labute approximate surface area is 110 Å². The summed E-state index contributed by atoms with van der Waals surface area (Å²) in [5.74, 6) is -0.443. The van der Waals surface area contributed by atoms with E-state index in [1.165, 1.54) is 11.3 Å². The molecule has 0 bridgehead atoms. The van der Waals surface area contributed by atoms with Gasteiger partial charge >= 0.3 is 12.1 Å². The molecule has 100 valence electrons. The summed E-state index contributed by atoms with van der Waals surface area (Å²) in [6.07, 6.45) is -0.783. The Morgan fingerprint density at radius 1 is 1.44 bits per heavy atom. The van der Waals surface area contributed by atoms with Crippen LogP contribution in [-0.2, 0) is 9.47 Å². The Balaban J connectivity index is 2.82. The lowest BCUT2D eigenvalue weighted by atomic mass is 10.3. The van der Waals surface area contributed by atoms with Crippen molar-refractivity contribution in [2.45, 2.75) is 33.8 Å². The summed E-state index contributed by atoms with van der Waals surface area (Å²) >= 11 is 1.31. The Morgan fingerprint density at radius 3 is 2.67 bits per heavy atom. The molecule has 6 heteroatoms. The minimum Gasteiger partial charge on any atom is -0.462 e. The van der Waals surface area contributed by atoms with Crippen LogP contribution in [0.4, 0.5) is 9.80 Å².